The van der Waals surface area contributed by atoms with E-state index in [1.807, 2.05) is 0 Å². The van der Waals surface area contributed by atoms with Gasteiger partial charge in [-0.15, -0.1) is 0 Å². The van der Waals surface area contributed by atoms with Crippen molar-refractivity contribution in [3.8, 4) is 0 Å². The summed E-state index contributed by atoms with van der Waals surface area (Å²) in [5.74, 6) is 0.873. The molecule has 1 heterocycles. The van der Waals surface area contributed by atoms with Gasteiger partial charge in [0.1, 0.15) is 0 Å². The summed E-state index contributed by atoms with van der Waals surface area (Å²) in [5.41, 5.74) is 1.50. The van der Waals surface area contributed by atoms with Crippen LogP contribution in [0.15, 0.2) is 28.7 Å². The Morgan fingerprint density at radius 3 is 2.61 bits per heavy atom. The molecule has 0 spiro atoms. The molecule has 0 unspecified atom stereocenters. The second-order valence-corrected chi connectivity index (χ2v) is 6.39. The molecule has 3 rings (SSSR count). The van der Waals surface area contributed by atoms with E-state index < -0.39 is 0 Å². The van der Waals surface area contributed by atoms with Crippen molar-refractivity contribution in [1.82, 2.24) is 10.2 Å². The van der Waals surface area contributed by atoms with Crippen LogP contribution in [0.5, 0.6) is 0 Å². The molecular weight excluding hydrogens is 288 g/mol. The van der Waals surface area contributed by atoms with Gasteiger partial charge in [-0.1, -0.05) is 34.5 Å². The van der Waals surface area contributed by atoms with E-state index in [-0.39, 0.29) is 0 Å². The molecule has 0 radical (unpaired) electrons. The normalized spacial score (nSPS) is 23.6. The molecule has 1 saturated heterocycles. The van der Waals surface area contributed by atoms with Crippen LogP contribution in [-0.4, -0.2) is 31.1 Å². The first-order valence-corrected chi connectivity index (χ1v) is 7.84. The third-order valence-electron chi connectivity index (χ3n) is 4.33. The summed E-state index contributed by atoms with van der Waals surface area (Å²) in [7, 11) is 0. The first-order chi connectivity index (χ1) is 8.84. The number of hydrogen-bond donors (Lipinski definition) is 1. The third-order valence-corrected chi connectivity index (χ3v) is 4.82. The van der Waals surface area contributed by atoms with Crippen LogP contribution in [0, 0.1) is 5.92 Å². The lowest BCUT2D eigenvalue weighted by atomic mass is 9.76. The van der Waals surface area contributed by atoms with E-state index in [2.05, 4.69) is 50.4 Å². The number of nitrogens with one attached hydrogen (secondary N) is 1. The van der Waals surface area contributed by atoms with E-state index in [4.69, 9.17) is 0 Å². The summed E-state index contributed by atoms with van der Waals surface area (Å²) in [6.07, 6.45) is 4.23. The molecule has 18 heavy (non-hydrogen) atoms. The van der Waals surface area contributed by atoms with Crippen molar-refractivity contribution in [1.29, 1.82) is 0 Å². The zero-order valence-corrected chi connectivity index (χ0v) is 12.3. The molecule has 1 atom stereocenters. The standard InChI is InChI=1S/C15H21BrN2/c16-14-6-2-5-13(11-14)15(12-3-1-4-12)18-9-7-17-8-10-18/h2,5-6,11-12,15,17H,1,3-4,7-10H2/t15-/m1/s1. The van der Waals surface area contributed by atoms with Crippen LogP contribution >= 0.6 is 15.9 Å². The summed E-state index contributed by atoms with van der Waals surface area (Å²) in [4.78, 5) is 2.68. The lowest BCUT2D eigenvalue weighted by molar-refractivity contribution is 0.0837. The van der Waals surface area contributed by atoms with Gasteiger partial charge >= 0.3 is 0 Å². The van der Waals surface area contributed by atoms with Crippen molar-refractivity contribution < 1.29 is 0 Å². The molecule has 98 valence electrons. The van der Waals surface area contributed by atoms with Crippen LogP contribution in [0.2, 0.25) is 0 Å². The van der Waals surface area contributed by atoms with Gasteiger partial charge in [0, 0.05) is 36.7 Å². The number of hydrogen-bond acceptors (Lipinski definition) is 2. The van der Waals surface area contributed by atoms with Crippen LogP contribution in [0.4, 0.5) is 0 Å². The van der Waals surface area contributed by atoms with Crippen molar-refractivity contribution in [2.24, 2.45) is 5.92 Å². The van der Waals surface area contributed by atoms with Gasteiger partial charge in [-0.3, -0.25) is 4.90 Å². The van der Waals surface area contributed by atoms with Crippen molar-refractivity contribution in [2.45, 2.75) is 25.3 Å². The topological polar surface area (TPSA) is 15.3 Å². The largest absolute Gasteiger partial charge is 0.314 e. The Labute approximate surface area is 118 Å². The maximum atomic E-state index is 3.61. The monoisotopic (exact) mass is 308 g/mol. The summed E-state index contributed by atoms with van der Waals surface area (Å²) in [6.45, 7) is 4.65. The highest BCUT2D eigenvalue weighted by Gasteiger charge is 2.33. The fourth-order valence-corrected chi connectivity index (χ4v) is 3.60. The zero-order valence-electron chi connectivity index (χ0n) is 10.7. The van der Waals surface area contributed by atoms with Gasteiger partial charge in [0.2, 0.25) is 0 Å². The average Bonchev–Trinajstić information content (AvgIpc) is 2.34. The van der Waals surface area contributed by atoms with Crippen molar-refractivity contribution in [3.05, 3.63) is 34.3 Å². The van der Waals surface area contributed by atoms with Gasteiger partial charge in [-0.2, -0.15) is 0 Å². The number of benzene rings is 1. The summed E-state index contributed by atoms with van der Waals surface area (Å²) < 4.78 is 1.21. The molecule has 3 heteroatoms. The molecule has 0 aromatic heterocycles. The van der Waals surface area contributed by atoms with Crippen LogP contribution in [0.25, 0.3) is 0 Å². The maximum Gasteiger partial charge on any atom is 0.0377 e. The van der Waals surface area contributed by atoms with E-state index in [0.717, 1.165) is 19.0 Å². The van der Waals surface area contributed by atoms with E-state index in [1.54, 1.807) is 0 Å². The zero-order chi connectivity index (χ0) is 12.4. The fraction of sp³-hybridized carbons (Fsp3) is 0.600. The van der Waals surface area contributed by atoms with Gasteiger partial charge in [0.05, 0.1) is 0 Å². The summed E-state index contributed by atoms with van der Waals surface area (Å²) >= 11 is 3.61. The lowest BCUT2D eigenvalue weighted by Gasteiger charge is -2.43. The molecule has 1 aromatic carbocycles. The first kappa shape index (κ1) is 12.6. The summed E-state index contributed by atoms with van der Waals surface area (Å²) in [6, 6.07) is 9.55. The quantitative estimate of drug-likeness (QED) is 0.922. The molecule has 1 aromatic rings. The van der Waals surface area contributed by atoms with Crippen LogP contribution < -0.4 is 5.32 Å². The molecule has 1 saturated carbocycles. The average molecular weight is 309 g/mol. The molecule has 2 nitrogen and oxygen atoms in total. The molecule has 1 aliphatic carbocycles. The number of halogens is 1. The highest BCUT2D eigenvalue weighted by atomic mass is 79.9. The molecule has 2 aliphatic rings. The Morgan fingerprint density at radius 2 is 2.00 bits per heavy atom. The highest BCUT2D eigenvalue weighted by molar-refractivity contribution is 9.10. The summed E-state index contributed by atoms with van der Waals surface area (Å²) in [5, 5.41) is 3.46. The van der Waals surface area contributed by atoms with Gasteiger partial charge in [-0.25, -0.2) is 0 Å². The molecule has 2 fully saturated rings. The van der Waals surface area contributed by atoms with Crippen molar-refractivity contribution >= 4 is 15.9 Å². The molecule has 1 aliphatic heterocycles. The Kier molecular flexibility index (Phi) is 4.02. The van der Waals surface area contributed by atoms with Crippen LogP contribution in [-0.2, 0) is 0 Å². The van der Waals surface area contributed by atoms with Gasteiger partial charge in [-0.05, 0) is 36.5 Å². The van der Waals surface area contributed by atoms with Gasteiger partial charge in [0.15, 0.2) is 0 Å². The molecular formula is C15H21BrN2. The van der Waals surface area contributed by atoms with E-state index in [9.17, 15) is 0 Å². The second-order valence-electron chi connectivity index (χ2n) is 5.48. The van der Waals surface area contributed by atoms with Crippen molar-refractivity contribution in [3.63, 3.8) is 0 Å². The minimum absolute atomic E-state index is 0.637. The minimum atomic E-state index is 0.637. The van der Waals surface area contributed by atoms with Crippen molar-refractivity contribution in [2.75, 3.05) is 26.2 Å². The Bertz CT molecular complexity index is 397. The smallest absolute Gasteiger partial charge is 0.0377 e. The minimum Gasteiger partial charge on any atom is -0.314 e. The lowest BCUT2D eigenvalue weighted by Crippen LogP contribution is -2.47. The van der Waals surface area contributed by atoms with Gasteiger partial charge < -0.3 is 5.32 Å². The van der Waals surface area contributed by atoms with E-state index in [1.165, 1.54) is 42.4 Å². The van der Waals surface area contributed by atoms with Gasteiger partial charge in [0.25, 0.3) is 0 Å². The fourth-order valence-electron chi connectivity index (χ4n) is 3.19. The molecule has 0 amide bonds. The SMILES string of the molecule is Brc1cccc([C@@H](C2CCC2)N2CCNCC2)c1. The molecule has 1 N–H and O–H groups in total. The van der Waals surface area contributed by atoms with Crippen LogP contribution in [0.3, 0.4) is 0 Å². The molecule has 0 bridgehead atoms. The van der Waals surface area contributed by atoms with Crippen LogP contribution in [0.1, 0.15) is 30.9 Å². The third kappa shape index (κ3) is 2.63. The Balaban J connectivity index is 1.84. The highest BCUT2D eigenvalue weighted by Crippen LogP contribution is 2.41. The maximum absolute atomic E-state index is 3.61. The van der Waals surface area contributed by atoms with E-state index >= 15 is 0 Å². The second kappa shape index (κ2) is 5.72. The van der Waals surface area contributed by atoms with E-state index in [0.29, 0.717) is 6.04 Å². The number of nitrogens with zero attached hydrogens (tertiary/aromatic N) is 1. The predicted octanol–water partition coefficient (Wildman–Crippen LogP) is 3.20. The Morgan fingerprint density at radius 1 is 1.22 bits per heavy atom. The number of piperazine rings is 1. The first-order valence-electron chi connectivity index (χ1n) is 7.05. The Hall–Kier alpha value is -0.380. The number of rotatable bonds is 3. The predicted molar refractivity (Wildman–Crippen MR) is 78.7 cm³/mol.